The lowest BCUT2D eigenvalue weighted by molar-refractivity contribution is 0.0757. The number of benzene rings is 1. The quantitative estimate of drug-likeness (QED) is 0.835. The number of carbonyl (C=O) groups is 1. The molecule has 1 aromatic heterocycles. The zero-order chi connectivity index (χ0) is 18.5. The van der Waals surface area contributed by atoms with Crippen molar-refractivity contribution in [1.82, 2.24) is 14.4 Å². The summed E-state index contributed by atoms with van der Waals surface area (Å²) in [6, 6.07) is 13.3. The molecule has 3 fully saturated rings. The predicted octanol–water partition coefficient (Wildman–Crippen LogP) is 3.21. The molecule has 5 rings (SSSR count). The average Bonchev–Trinajstić information content (AvgIpc) is 3.13. The average molecular weight is 365 g/mol. The molecule has 3 aliphatic rings. The topological polar surface area (TPSA) is 37.7 Å². The smallest absolute Gasteiger partial charge is 0.270 e. The molecule has 142 valence electrons. The van der Waals surface area contributed by atoms with Crippen LogP contribution in [-0.2, 0) is 0 Å². The fourth-order valence-corrected chi connectivity index (χ4v) is 5.13. The summed E-state index contributed by atoms with van der Waals surface area (Å²) in [5, 5.41) is 0. The van der Waals surface area contributed by atoms with Crippen molar-refractivity contribution in [2.45, 2.75) is 24.9 Å². The van der Waals surface area contributed by atoms with E-state index in [2.05, 4.69) is 39.7 Å². The Bertz CT molecular complexity index is 839. The second-order valence-corrected chi connectivity index (χ2v) is 8.32. The summed E-state index contributed by atoms with van der Waals surface area (Å²) < 4.78 is 7.49. The number of methoxy groups -OCH3 is 1. The first-order valence-electron chi connectivity index (χ1n) is 9.96. The maximum atomic E-state index is 13.2. The van der Waals surface area contributed by atoms with Crippen LogP contribution in [0, 0.1) is 11.8 Å². The molecule has 0 radical (unpaired) electrons. The number of amides is 1. The van der Waals surface area contributed by atoms with Crippen molar-refractivity contribution in [2.24, 2.45) is 11.8 Å². The fraction of sp³-hybridized carbons (Fsp3) is 0.500. The molecule has 3 atom stereocenters. The largest absolute Gasteiger partial charge is 0.497 e. The van der Waals surface area contributed by atoms with Gasteiger partial charge in [-0.3, -0.25) is 9.69 Å². The van der Waals surface area contributed by atoms with E-state index < -0.39 is 0 Å². The molecule has 0 N–H and O–H groups in total. The SMILES string of the molecule is COc1ccc([C@H]2[C@@H]3CN(C(=O)c4cccn4C4CC4)C[C@@H]3CN2C)cc1. The lowest BCUT2D eigenvalue weighted by atomic mass is 9.89. The standard InChI is InChI=1S/C22H27N3O2/c1-23-12-16-13-24(22(26)20-4-3-11-25(20)17-7-8-17)14-19(16)21(23)15-5-9-18(27-2)10-6-15/h3-6,9-11,16-17,19,21H,7-8,12-14H2,1-2H3/t16-,19+,21-/m0/s1. The van der Waals surface area contributed by atoms with Crippen LogP contribution in [0.5, 0.6) is 5.75 Å². The Kier molecular flexibility index (Phi) is 4.01. The number of aromatic nitrogens is 1. The van der Waals surface area contributed by atoms with E-state index in [1.165, 1.54) is 18.4 Å². The molecule has 1 aliphatic carbocycles. The monoisotopic (exact) mass is 365 g/mol. The summed E-state index contributed by atoms with van der Waals surface area (Å²) in [7, 11) is 3.91. The number of fused-ring (bicyclic) bond motifs is 1. The van der Waals surface area contributed by atoms with Crippen molar-refractivity contribution in [3.8, 4) is 5.75 Å². The van der Waals surface area contributed by atoms with Gasteiger partial charge in [0.25, 0.3) is 5.91 Å². The van der Waals surface area contributed by atoms with E-state index in [0.717, 1.165) is 31.1 Å². The molecule has 1 amide bonds. The molecule has 1 aromatic carbocycles. The third-order valence-corrected chi connectivity index (χ3v) is 6.58. The van der Waals surface area contributed by atoms with Crippen LogP contribution in [-0.4, -0.2) is 54.1 Å². The van der Waals surface area contributed by atoms with E-state index in [1.54, 1.807) is 7.11 Å². The van der Waals surface area contributed by atoms with Gasteiger partial charge in [-0.25, -0.2) is 0 Å². The Morgan fingerprint density at radius 2 is 1.85 bits per heavy atom. The highest BCUT2D eigenvalue weighted by atomic mass is 16.5. The van der Waals surface area contributed by atoms with Gasteiger partial charge in [-0.2, -0.15) is 0 Å². The van der Waals surface area contributed by atoms with Gasteiger partial charge in [-0.05, 0) is 55.6 Å². The number of rotatable bonds is 4. The number of likely N-dealkylation sites (tertiary alicyclic amines) is 2. The van der Waals surface area contributed by atoms with Gasteiger partial charge < -0.3 is 14.2 Å². The van der Waals surface area contributed by atoms with Crippen LogP contribution in [0.4, 0.5) is 0 Å². The van der Waals surface area contributed by atoms with E-state index in [4.69, 9.17) is 4.74 Å². The highest BCUT2D eigenvalue weighted by Gasteiger charge is 2.47. The van der Waals surface area contributed by atoms with Crippen molar-refractivity contribution in [3.63, 3.8) is 0 Å². The van der Waals surface area contributed by atoms with Crippen LogP contribution in [0.1, 0.15) is 41.0 Å². The lowest BCUT2D eigenvalue weighted by Gasteiger charge is -2.27. The number of hydrogen-bond donors (Lipinski definition) is 0. The number of carbonyl (C=O) groups excluding carboxylic acids is 1. The first kappa shape index (κ1) is 16.9. The van der Waals surface area contributed by atoms with Gasteiger partial charge in [-0.15, -0.1) is 0 Å². The summed E-state index contributed by atoms with van der Waals surface area (Å²) in [6.45, 7) is 2.77. The molecule has 2 aromatic rings. The summed E-state index contributed by atoms with van der Waals surface area (Å²) in [5.74, 6) is 2.14. The molecule has 5 nitrogen and oxygen atoms in total. The molecule has 5 heteroatoms. The van der Waals surface area contributed by atoms with Gasteiger partial charge in [0.15, 0.2) is 0 Å². The van der Waals surface area contributed by atoms with Gasteiger partial charge in [0.1, 0.15) is 11.4 Å². The maximum absolute atomic E-state index is 13.2. The number of ether oxygens (including phenoxy) is 1. The van der Waals surface area contributed by atoms with E-state index in [-0.39, 0.29) is 5.91 Å². The molecule has 2 saturated heterocycles. The van der Waals surface area contributed by atoms with E-state index >= 15 is 0 Å². The zero-order valence-corrected chi connectivity index (χ0v) is 16.0. The summed E-state index contributed by atoms with van der Waals surface area (Å²) in [4.78, 5) is 17.7. The molecule has 3 heterocycles. The fourth-order valence-electron chi connectivity index (χ4n) is 5.13. The van der Waals surface area contributed by atoms with Gasteiger partial charge in [0.2, 0.25) is 0 Å². The molecule has 0 unspecified atom stereocenters. The first-order valence-corrected chi connectivity index (χ1v) is 9.96. The van der Waals surface area contributed by atoms with E-state index in [9.17, 15) is 4.79 Å². The molecule has 27 heavy (non-hydrogen) atoms. The Morgan fingerprint density at radius 3 is 2.56 bits per heavy atom. The van der Waals surface area contributed by atoms with Crippen LogP contribution in [0.2, 0.25) is 0 Å². The predicted molar refractivity (Wildman–Crippen MR) is 104 cm³/mol. The van der Waals surface area contributed by atoms with Crippen molar-refractivity contribution in [2.75, 3.05) is 33.8 Å². The van der Waals surface area contributed by atoms with Crippen LogP contribution >= 0.6 is 0 Å². The first-order chi connectivity index (χ1) is 13.2. The Hall–Kier alpha value is -2.27. The van der Waals surface area contributed by atoms with Crippen LogP contribution < -0.4 is 4.74 Å². The molecule has 1 saturated carbocycles. The van der Waals surface area contributed by atoms with Crippen molar-refractivity contribution in [3.05, 3.63) is 53.9 Å². The van der Waals surface area contributed by atoms with Crippen LogP contribution in [0.3, 0.4) is 0 Å². The second kappa shape index (κ2) is 6.41. The minimum absolute atomic E-state index is 0.206. The third-order valence-electron chi connectivity index (χ3n) is 6.58. The van der Waals surface area contributed by atoms with Gasteiger partial charge in [0, 0.05) is 43.8 Å². The number of hydrogen-bond acceptors (Lipinski definition) is 3. The van der Waals surface area contributed by atoms with E-state index in [0.29, 0.717) is 23.9 Å². The Balaban J connectivity index is 1.35. The number of nitrogens with zero attached hydrogens (tertiary/aromatic N) is 3. The summed E-state index contributed by atoms with van der Waals surface area (Å²) in [5.41, 5.74) is 2.19. The van der Waals surface area contributed by atoms with Crippen molar-refractivity contribution >= 4 is 5.91 Å². The van der Waals surface area contributed by atoms with Gasteiger partial charge in [0.05, 0.1) is 7.11 Å². The Morgan fingerprint density at radius 1 is 1.07 bits per heavy atom. The summed E-state index contributed by atoms with van der Waals surface area (Å²) in [6.07, 6.45) is 4.46. The lowest BCUT2D eigenvalue weighted by Crippen LogP contribution is -2.34. The van der Waals surface area contributed by atoms with E-state index in [1.807, 2.05) is 24.3 Å². The molecular formula is C22H27N3O2. The van der Waals surface area contributed by atoms with Gasteiger partial charge >= 0.3 is 0 Å². The van der Waals surface area contributed by atoms with Gasteiger partial charge in [-0.1, -0.05) is 12.1 Å². The molecular weight excluding hydrogens is 338 g/mol. The third kappa shape index (κ3) is 2.85. The minimum Gasteiger partial charge on any atom is -0.497 e. The zero-order valence-electron chi connectivity index (χ0n) is 16.0. The highest BCUT2D eigenvalue weighted by molar-refractivity contribution is 5.93. The van der Waals surface area contributed by atoms with Crippen molar-refractivity contribution in [1.29, 1.82) is 0 Å². The second-order valence-electron chi connectivity index (χ2n) is 8.32. The summed E-state index contributed by atoms with van der Waals surface area (Å²) >= 11 is 0. The van der Waals surface area contributed by atoms with Crippen molar-refractivity contribution < 1.29 is 9.53 Å². The highest BCUT2D eigenvalue weighted by Crippen LogP contribution is 2.45. The Labute approximate surface area is 160 Å². The van der Waals surface area contributed by atoms with Crippen LogP contribution in [0.25, 0.3) is 0 Å². The van der Waals surface area contributed by atoms with Crippen LogP contribution in [0.15, 0.2) is 42.6 Å². The maximum Gasteiger partial charge on any atom is 0.270 e. The molecule has 0 bridgehead atoms. The minimum atomic E-state index is 0.206. The molecule has 0 spiro atoms. The molecule has 2 aliphatic heterocycles. The normalized spacial score (nSPS) is 27.8.